The Morgan fingerprint density at radius 2 is 1.93 bits per heavy atom. The summed E-state index contributed by atoms with van der Waals surface area (Å²) in [5.74, 6) is 0.226. The van der Waals surface area contributed by atoms with E-state index >= 15 is 0 Å². The van der Waals surface area contributed by atoms with Crippen LogP contribution in [0.15, 0.2) is 29.2 Å². The number of piperidine rings is 1. The normalized spacial score (nSPS) is 27.9. The highest BCUT2D eigenvalue weighted by Crippen LogP contribution is 2.41. The monoisotopic (exact) mass is 431 g/mol. The fraction of sp³-hybridized carbons (Fsp3) is 0.619. The zero-order valence-corrected chi connectivity index (χ0v) is 18.2. The molecule has 1 aromatic rings. The summed E-state index contributed by atoms with van der Waals surface area (Å²) in [6.07, 6.45) is 3.21. The number of nitrogens with zero attached hydrogens (tertiary/aromatic N) is 2. The van der Waals surface area contributed by atoms with Gasteiger partial charge in [0.15, 0.2) is 9.84 Å². The van der Waals surface area contributed by atoms with Crippen molar-refractivity contribution in [2.75, 3.05) is 11.9 Å². The number of hydrogen-bond acceptors (Lipinski definition) is 7. The summed E-state index contributed by atoms with van der Waals surface area (Å²) in [5, 5.41) is 17.3. The number of amides is 1. The van der Waals surface area contributed by atoms with E-state index in [-0.39, 0.29) is 30.1 Å². The molecule has 162 valence electrons. The van der Waals surface area contributed by atoms with Crippen molar-refractivity contribution in [1.29, 1.82) is 5.26 Å². The molecule has 0 spiro atoms. The first-order valence-corrected chi connectivity index (χ1v) is 12.2. The zero-order valence-electron chi connectivity index (χ0n) is 17.3. The number of nitriles is 1. The van der Waals surface area contributed by atoms with Gasteiger partial charge in [-0.05, 0) is 63.3 Å². The summed E-state index contributed by atoms with van der Waals surface area (Å²) >= 11 is 0. The smallest absolute Gasteiger partial charge is 0.228 e. The van der Waals surface area contributed by atoms with Crippen LogP contribution in [0.1, 0.15) is 39.5 Å². The van der Waals surface area contributed by atoms with E-state index in [2.05, 4.69) is 27.1 Å². The van der Waals surface area contributed by atoms with Crippen molar-refractivity contribution in [2.24, 2.45) is 11.8 Å². The van der Waals surface area contributed by atoms with Crippen LogP contribution in [-0.4, -0.2) is 49.4 Å². The highest BCUT2D eigenvalue weighted by atomic mass is 32.2. The van der Waals surface area contributed by atoms with Crippen LogP contribution in [0.3, 0.4) is 0 Å². The van der Waals surface area contributed by atoms with Crippen LogP contribution in [0.25, 0.3) is 0 Å². The van der Waals surface area contributed by atoms with Crippen LogP contribution in [-0.2, 0) is 14.6 Å². The molecule has 3 unspecified atom stereocenters. The van der Waals surface area contributed by atoms with Gasteiger partial charge in [-0.3, -0.25) is 4.79 Å². The van der Waals surface area contributed by atoms with Gasteiger partial charge < -0.3 is 10.6 Å². The van der Waals surface area contributed by atoms with Gasteiger partial charge in [-0.1, -0.05) is 0 Å². The van der Waals surface area contributed by atoms with E-state index in [1.807, 2.05) is 0 Å². The van der Waals surface area contributed by atoms with Crippen LogP contribution in [0.4, 0.5) is 5.69 Å². The maximum absolute atomic E-state index is 12.7. The topological polar surface area (TPSA) is 114 Å². The van der Waals surface area contributed by atoms with Gasteiger partial charge in [-0.2, -0.15) is 5.26 Å². The van der Waals surface area contributed by atoms with Gasteiger partial charge in [0, 0.05) is 24.3 Å². The van der Waals surface area contributed by atoms with Crippen LogP contribution >= 0.6 is 0 Å². The van der Waals surface area contributed by atoms with Gasteiger partial charge in [-0.15, -0.1) is 0 Å². The standard InChI is InChI=1S/C21H29N5O3S/c1-13(2)30(28,29)16-7-5-15(6-8-16)24-20-19-18(10-12-23-21(19)27)26(25-20)17(9-11-22)14-3-4-14/h5-8,13-14,17-20,24-25H,3-4,9-10,12H2,1-2H3,(H,23,27)/t17-,18?,19?,20?/m0/s1. The number of hydrogen-bond donors (Lipinski definition) is 3. The third kappa shape index (κ3) is 3.92. The Morgan fingerprint density at radius 3 is 2.53 bits per heavy atom. The molecule has 2 heterocycles. The quantitative estimate of drug-likeness (QED) is 0.601. The third-order valence-corrected chi connectivity index (χ3v) is 8.58. The van der Waals surface area contributed by atoms with Gasteiger partial charge in [-0.25, -0.2) is 18.9 Å². The molecular weight excluding hydrogens is 402 g/mol. The molecule has 1 saturated carbocycles. The van der Waals surface area contributed by atoms with Crippen molar-refractivity contribution in [2.45, 2.75) is 67.9 Å². The molecule has 0 aromatic heterocycles. The second-order valence-corrected chi connectivity index (χ2v) is 11.2. The molecule has 2 aliphatic heterocycles. The Bertz CT molecular complexity index is 936. The van der Waals surface area contributed by atoms with E-state index < -0.39 is 15.1 Å². The number of rotatable bonds is 7. The lowest BCUT2D eigenvalue weighted by atomic mass is 9.90. The van der Waals surface area contributed by atoms with Crippen LogP contribution in [0.5, 0.6) is 0 Å². The molecule has 0 bridgehead atoms. The molecule has 3 N–H and O–H groups in total. The molecule has 4 atom stereocenters. The van der Waals surface area contributed by atoms with Gasteiger partial charge in [0.1, 0.15) is 6.17 Å². The van der Waals surface area contributed by atoms with Crippen LogP contribution in [0.2, 0.25) is 0 Å². The first kappa shape index (κ1) is 21.1. The molecule has 2 saturated heterocycles. The lowest BCUT2D eigenvalue weighted by Gasteiger charge is -2.34. The molecule has 9 heteroatoms. The molecule has 3 fully saturated rings. The Labute approximate surface area is 177 Å². The lowest BCUT2D eigenvalue weighted by molar-refractivity contribution is -0.128. The second kappa shape index (κ2) is 8.17. The van der Waals surface area contributed by atoms with Gasteiger partial charge in [0.05, 0.1) is 28.6 Å². The van der Waals surface area contributed by atoms with Crippen molar-refractivity contribution in [3.8, 4) is 6.07 Å². The average molecular weight is 432 g/mol. The van der Waals surface area contributed by atoms with Crippen molar-refractivity contribution in [3.63, 3.8) is 0 Å². The highest BCUT2D eigenvalue weighted by Gasteiger charge is 2.51. The minimum Gasteiger partial charge on any atom is -0.368 e. The lowest BCUT2D eigenvalue weighted by Crippen LogP contribution is -2.52. The summed E-state index contributed by atoms with van der Waals surface area (Å²) in [4.78, 5) is 13.0. The Morgan fingerprint density at radius 1 is 1.23 bits per heavy atom. The summed E-state index contributed by atoms with van der Waals surface area (Å²) in [7, 11) is -3.32. The fourth-order valence-electron chi connectivity index (χ4n) is 4.56. The average Bonchev–Trinajstić information content (AvgIpc) is 3.49. The largest absolute Gasteiger partial charge is 0.368 e. The number of anilines is 1. The minimum atomic E-state index is -3.32. The van der Waals surface area contributed by atoms with Gasteiger partial charge in [0.2, 0.25) is 5.91 Å². The Hall–Kier alpha value is -2.15. The predicted octanol–water partition coefficient (Wildman–Crippen LogP) is 1.62. The summed E-state index contributed by atoms with van der Waals surface area (Å²) in [5.41, 5.74) is 4.22. The van der Waals surface area contributed by atoms with Crippen LogP contribution in [0, 0.1) is 23.2 Å². The fourth-order valence-corrected chi connectivity index (χ4v) is 5.62. The molecule has 1 aromatic carbocycles. The number of benzene rings is 1. The first-order valence-electron chi connectivity index (χ1n) is 10.6. The number of carbonyl (C=O) groups excluding carboxylic acids is 1. The molecule has 8 nitrogen and oxygen atoms in total. The molecular formula is C21H29N5O3S. The first-order chi connectivity index (χ1) is 14.3. The van der Waals surface area contributed by atoms with Crippen molar-refractivity contribution in [1.82, 2.24) is 15.8 Å². The molecule has 0 radical (unpaired) electrons. The maximum Gasteiger partial charge on any atom is 0.228 e. The highest BCUT2D eigenvalue weighted by molar-refractivity contribution is 7.92. The van der Waals surface area contributed by atoms with E-state index in [4.69, 9.17) is 0 Å². The SMILES string of the molecule is CC(C)S(=O)(=O)c1ccc(NC2NN([C@@H](CC#N)C3CC3)C3CCNC(=O)C23)cc1. The number of sulfone groups is 1. The molecule has 3 aliphatic rings. The van der Waals surface area contributed by atoms with E-state index in [1.54, 1.807) is 38.1 Å². The predicted molar refractivity (Wildman–Crippen MR) is 113 cm³/mol. The van der Waals surface area contributed by atoms with E-state index in [1.165, 1.54) is 0 Å². The Balaban J connectivity index is 1.54. The van der Waals surface area contributed by atoms with E-state index in [0.29, 0.717) is 23.8 Å². The Kier molecular flexibility index (Phi) is 5.75. The molecule has 1 amide bonds. The number of fused-ring (bicyclic) bond motifs is 1. The molecule has 4 rings (SSSR count). The molecule has 30 heavy (non-hydrogen) atoms. The minimum absolute atomic E-state index is 0.00394. The van der Waals surface area contributed by atoms with E-state index in [0.717, 1.165) is 24.9 Å². The zero-order chi connectivity index (χ0) is 21.5. The van der Waals surface area contributed by atoms with Crippen LogP contribution < -0.4 is 16.1 Å². The summed E-state index contributed by atoms with van der Waals surface area (Å²) in [6.45, 7) is 3.96. The summed E-state index contributed by atoms with van der Waals surface area (Å²) < 4.78 is 24.7. The van der Waals surface area contributed by atoms with Crippen molar-refractivity contribution < 1.29 is 13.2 Å². The number of hydrazine groups is 1. The summed E-state index contributed by atoms with van der Waals surface area (Å²) in [6, 6.07) is 9.14. The number of carbonyl (C=O) groups is 1. The van der Waals surface area contributed by atoms with Gasteiger partial charge in [0.25, 0.3) is 0 Å². The van der Waals surface area contributed by atoms with Crippen molar-refractivity contribution in [3.05, 3.63) is 24.3 Å². The number of nitrogens with one attached hydrogen (secondary N) is 3. The van der Waals surface area contributed by atoms with Crippen molar-refractivity contribution >= 4 is 21.4 Å². The molecule has 1 aliphatic carbocycles. The third-order valence-electron chi connectivity index (χ3n) is 6.41. The van der Waals surface area contributed by atoms with Gasteiger partial charge >= 0.3 is 0 Å². The second-order valence-electron chi connectivity index (χ2n) is 8.72. The van der Waals surface area contributed by atoms with E-state index in [9.17, 15) is 18.5 Å². The maximum atomic E-state index is 12.7.